The topological polar surface area (TPSA) is 49.4 Å². The second-order valence-electron chi connectivity index (χ2n) is 5.47. The van der Waals surface area contributed by atoms with Gasteiger partial charge >= 0.3 is 0 Å². The van der Waals surface area contributed by atoms with Crippen LogP contribution in [0.25, 0.3) is 0 Å². The number of fused-ring (bicyclic) bond motifs is 1. The Labute approximate surface area is 122 Å². The van der Waals surface area contributed by atoms with Crippen LogP contribution in [0.4, 0.5) is 5.69 Å². The van der Waals surface area contributed by atoms with E-state index in [2.05, 4.69) is 11.4 Å². The summed E-state index contributed by atoms with van der Waals surface area (Å²) in [4.78, 5) is 0. The number of benzene rings is 1. The zero-order valence-electron chi connectivity index (χ0n) is 12.5. The lowest BCUT2D eigenvalue weighted by molar-refractivity contribution is 0.565. The number of hydrogen-bond acceptors (Lipinski definition) is 3. The molecule has 0 aliphatic carbocycles. The highest BCUT2D eigenvalue weighted by atomic mass is 32.2. The van der Waals surface area contributed by atoms with Gasteiger partial charge in [-0.3, -0.25) is 4.31 Å². The average molecular weight is 296 g/mol. The molecule has 1 aromatic carbocycles. The van der Waals surface area contributed by atoms with Crippen LogP contribution in [-0.2, 0) is 16.4 Å². The molecule has 0 radical (unpaired) electrons. The van der Waals surface area contributed by atoms with Gasteiger partial charge in [0.25, 0.3) is 0 Å². The van der Waals surface area contributed by atoms with Crippen LogP contribution < -0.4 is 9.62 Å². The minimum atomic E-state index is -3.29. The fourth-order valence-electron chi connectivity index (χ4n) is 2.63. The van der Waals surface area contributed by atoms with Crippen molar-refractivity contribution < 1.29 is 8.42 Å². The van der Waals surface area contributed by atoms with Crippen LogP contribution >= 0.6 is 0 Å². The predicted molar refractivity (Wildman–Crippen MR) is 83.8 cm³/mol. The van der Waals surface area contributed by atoms with Crippen LogP contribution in [0.3, 0.4) is 0 Å². The maximum atomic E-state index is 12.7. The molecule has 1 aromatic rings. The van der Waals surface area contributed by atoms with E-state index in [0.29, 0.717) is 13.1 Å². The van der Waals surface area contributed by atoms with E-state index >= 15 is 0 Å². The summed E-state index contributed by atoms with van der Waals surface area (Å²) in [5.41, 5.74) is 3.20. The Hall–Kier alpha value is -1.07. The van der Waals surface area contributed by atoms with E-state index in [1.165, 1.54) is 5.56 Å². The number of hydrogen-bond donors (Lipinski definition) is 1. The number of nitrogens with zero attached hydrogens (tertiary/aromatic N) is 1. The van der Waals surface area contributed by atoms with Crippen LogP contribution in [0.5, 0.6) is 0 Å². The molecule has 4 nitrogen and oxygen atoms in total. The fourth-order valence-corrected chi connectivity index (χ4v) is 4.22. The Morgan fingerprint density at radius 3 is 2.85 bits per heavy atom. The lowest BCUT2D eigenvalue weighted by atomic mass is 10.0. The SMILES string of the molecule is CCNCC(C)S(=O)(=O)N1CCCc2cc(C)ccc21. The summed E-state index contributed by atoms with van der Waals surface area (Å²) in [5, 5.41) is 2.71. The summed E-state index contributed by atoms with van der Waals surface area (Å²) >= 11 is 0. The Morgan fingerprint density at radius 2 is 2.15 bits per heavy atom. The van der Waals surface area contributed by atoms with Gasteiger partial charge in [0.2, 0.25) is 10.0 Å². The first-order valence-electron chi connectivity index (χ1n) is 7.28. The van der Waals surface area contributed by atoms with Crippen molar-refractivity contribution in [2.75, 3.05) is 23.9 Å². The van der Waals surface area contributed by atoms with Gasteiger partial charge in [-0.25, -0.2) is 8.42 Å². The van der Waals surface area contributed by atoms with E-state index in [-0.39, 0.29) is 0 Å². The van der Waals surface area contributed by atoms with Gasteiger partial charge in [-0.05, 0) is 44.9 Å². The minimum Gasteiger partial charge on any atom is -0.316 e. The van der Waals surface area contributed by atoms with Gasteiger partial charge in [-0.2, -0.15) is 0 Å². The average Bonchev–Trinajstić information content (AvgIpc) is 2.43. The molecule has 112 valence electrons. The lowest BCUT2D eigenvalue weighted by Crippen LogP contribution is -2.44. The van der Waals surface area contributed by atoms with Gasteiger partial charge in [0.05, 0.1) is 10.9 Å². The van der Waals surface area contributed by atoms with Gasteiger partial charge in [0.15, 0.2) is 0 Å². The van der Waals surface area contributed by atoms with Gasteiger partial charge in [-0.15, -0.1) is 0 Å². The van der Waals surface area contributed by atoms with Gasteiger partial charge < -0.3 is 5.32 Å². The van der Waals surface area contributed by atoms with Gasteiger partial charge in [0.1, 0.15) is 0 Å². The van der Waals surface area contributed by atoms with E-state index in [4.69, 9.17) is 0 Å². The van der Waals surface area contributed by atoms with Crippen molar-refractivity contribution in [3.63, 3.8) is 0 Å². The molecule has 0 spiro atoms. The fraction of sp³-hybridized carbons (Fsp3) is 0.600. The molecule has 0 saturated heterocycles. The molecule has 0 aromatic heterocycles. The van der Waals surface area contributed by atoms with Crippen LogP contribution in [0, 0.1) is 6.92 Å². The third-order valence-corrected chi connectivity index (χ3v) is 5.99. The van der Waals surface area contributed by atoms with Crippen molar-refractivity contribution in [1.29, 1.82) is 0 Å². The molecule has 2 rings (SSSR count). The quantitative estimate of drug-likeness (QED) is 0.905. The van der Waals surface area contributed by atoms with Gasteiger partial charge in [0, 0.05) is 13.1 Å². The Bertz CT molecular complexity index is 569. The second kappa shape index (κ2) is 6.14. The molecule has 1 atom stereocenters. The number of nitrogens with one attached hydrogen (secondary N) is 1. The molecule has 20 heavy (non-hydrogen) atoms. The number of rotatable bonds is 5. The van der Waals surface area contributed by atoms with E-state index in [9.17, 15) is 8.42 Å². The summed E-state index contributed by atoms with van der Waals surface area (Å²) in [5.74, 6) is 0. The molecule has 0 saturated carbocycles. The third-order valence-electron chi connectivity index (χ3n) is 3.81. The molecular formula is C15H24N2O2S. The summed E-state index contributed by atoms with van der Waals surface area (Å²) in [7, 11) is -3.29. The Kier molecular flexibility index (Phi) is 4.70. The van der Waals surface area contributed by atoms with Crippen molar-refractivity contribution in [2.24, 2.45) is 0 Å². The van der Waals surface area contributed by atoms with E-state index in [1.807, 2.05) is 26.0 Å². The largest absolute Gasteiger partial charge is 0.316 e. The summed E-state index contributed by atoms with van der Waals surface area (Å²) in [6.45, 7) is 7.68. The van der Waals surface area contributed by atoms with Crippen molar-refractivity contribution in [1.82, 2.24) is 5.32 Å². The number of aryl methyl sites for hydroxylation is 2. The van der Waals surface area contributed by atoms with Crippen LogP contribution in [-0.4, -0.2) is 33.3 Å². The lowest BCUT2D eigenvalue weighted by Gasteiger charge is -2.33. The molecule has 0 fully saturated rings. The summed E-state index contributed by atoms with van der Waals surface area (Å²) in [6, 6.07) is 6.04. The smallest absolute Gasteiger partial charge is 0.239 e. The summed E-state index contributed by atoms with van der Waals surface area (Å²) < 4.78 is 27.1. The molecular weight excluding hydrogens is 272 g/mol. The van der Waals surface area contributed by atoms with E-state index in [1.54, 1.807) is 11.2 Å². The van der Waals surface area contributed by atoms with Crippen molar-refractivity contribution in [3.05, 3.63) is 29.3 Å². The number of anilines is 1. The molecule has 0 bridgehead atoms. The molecule has 1 aliphatic rings. The first kappa shape index (κ1) is 15.3. The maximum absolute atomic E-state index is 12.7. The van der Waals surface area contributed by atoms with Crippen molar-refractivity contribution in [2.45, 2.75) is 38.9 Å². The predicted octanol–water partition coefficient (Wildman–Crippen LogP) is 2.08. The molecule has 1 aliphatic heterocycles. The third kappa shape index (κ3) is 2.99. The molecule has 0 amide bonds. The Balaban J connectivity index is 2.30. The molecule has 1 N–H and O–H groups in total. The molecule has 1 unspecified atom stereocenters. The van der Waals surface area contributed by atoms with Crippen LogP contribution in [0.1, 0.15) is 31.4 Å². The van der Waals surface area contributed by atoms with E-state index < -0.39 is 15.3 Å². The highest BCUT2D eigenvalue weighted by molar-refractivity contribution is 7.93. The van der Waals surface area contributed by atoms with Crippen LogP contribution in [0.15, 0.2) is 18.2 Å². The maximum Gasteiger partial charge on any atom is 0.239 e. The zero-order chi connectivity index (χ0) is 14.8. The van der Waals surface area contributed by atoms with Gasteiger partial charge in [-0.1, -0.05) is 24.6 Å². The van der Waals surface area contributed by atoms with Crippen molar-refractivity contribution >= 4 is 15.7 Å². The molecule has 1 heterocycles. The first-order chi connectivity index (χ1) is 9.46. The normalized spacial score (nSPS) is 16.9. The minimum absolute atomic E-state index is 0.408. The highest BCUT2D eigenvalue weighted by Crippen LogP contribution is 2.31. The summed E-state index contributed by atoms with van der Waals surface area (Å²) in [6.07, 6.45) is 1.86. The standard InChI is InChI=1S/C15H24N2O2S/c1-4-16-11-13(3)20(18,19)17-9-5-6-14-10-12(2)7-8-15(14)17/h7-8,10,13,16H,4-6,9,11H2,1-3H3. The first-order valence-corrected chi connectivity index (χ1v) is 8.79. The highest BCUT2D eigenvalue weighted by Gasteiger charge is 2.31. The van der Waals surface area contributed by atoms with Crippen LogP contribution in [0.2, 0.25) is 0 Å². The van der Waals surface area contributed by atoms with Crippen molar-refractivity contribution in [3.8, 4) is 0 Å². The monoisotopic (exact) mass is 296 g/mol. The zero-order valence-corrected chi connectivity index (χ0v) is 13.3. The Morgan fingerprint density at radius 1 is 1.40 bits per heavy atom. The molecule has 5 heteroatoms. The van der Waals surface area contributed by atoms with E-state index in [0.717, 1.165) is 30.6 Å². The number of sulfonamides is 1. The second-order valence-corrected chi connectivity index (χ2v) is 7.75.